The van der Waals surface area contributed by atoms with Crippen LogP contribution < -0.4 is 5.32 Å². The van der Waals surface area contributed by atoms with Crippen LogP contribution >= 0.6 is 0 Å². The number of carbonyl (C=O) groups excluding carboxylic acids is 1. The second kappa shape index (κ2) is 7.99. The predicted molar refractivity (Wildman–Crippen MR) is 100 cm³/mol. The molecular formula is C21H24N2O2. The molecule has 0 saturated carbocycles. The molecule has 1 N–H and O–H groups in total. The fourth-order valence-electron chi connectivity index (χ4n) is 2.83. The molecule has 1 heterocycles. The first-order valence-corrected chi connectivity index (χ1v) is 8.76. The SMILES string of the molecule is CCN(CC)Cc1ccc(CNC(=O)c2cc3ccccc3o2)cc1. The molecule has 0 unspecified atom stereocenters. The van der Waals surface area contributed by atoms with Crippen molar-refractivity contribution in [2.75, 3.05) is 13.1 Å². The van der Waals surface area contributed by atoms with Crippen LogP contribution in [0.5, 0.6) is 0 Å². The summed E-state index contributed by atoms with van der Waals surface area (Å²) in [5, 5.41) is 3.85. The van der Waals surface area contributed by atoms with Crippen LogP contribution in [0.2, 0.25) is 0 Å². The van der Waals surface area contributed by atoms with Crippen molar-refractivity contribution >= 4 is 16.9 Å². The molecule has 3 aromatic rings. The lowest BCUT2D eigenvalue weighted by Crippen LogP contribution is -2.23. The monoisotopic (exact) mass is 336 g/mol. The summed E-state index contributed by atoms with van der Waals surface area (Å²) in [5.41, 5.74) is 3.09. The van der Waals surface area contributed by atoms with Crippen molar-refractivity contribution in [3.05, 3.63) is 71.5 Å². The highest BCUT2D eigenvalue weighted by atomic mass is 16.3. The molecule has 3 rings (SSSR count). The van der Waals surface area contributed by atoms with E-state index < -0.39 is 0 Å². The second-order valence-electron chi connectivity index (χ2n) is 6.11. The molecule has 1 amide bonds. The zero-order valence-electron chi connectivity index (χ0n) is 14.8. The number of hydrogen-bond acceptors (Lipinski definition) is 3. The van der Waals surface area contributed by atoms with Gasteiger partial charge in [-0.05, 0) is 36.3 Å². The highest BCUT2D eigenvalue weighted by molar-refractivity contribution is 5.95. The van der Waals surface area contributed by atoms with Gasteiger partial charge in [0.05, 0.1) is 0 Å². The van der Waals surface area contributed by atoms with Gasteiger partial charge in [0, 0.05) is 18.5 Å². The average molecular weight is 336 g/mol. The van der Waals surface area contributed by atoms with Crippen LogP contribution in [0.15, 0.2) is 59.0 Å². The van der Waals surface area contributed by atoms with Crippen molar-refractivity contribution in [2.45, 2.75) is 26.9 Å². The lowest BCUT2D eigenvalue weighted by Gasteiger charge is -2.18. The molecule has 0 bridgehead atoms. The van der Waals surface area contributed by atoms with Crippen LogP contribution in [0.3, 0.4) is 0 Å². The number of carbonyl (C=O) groups is 1. The molecule has 130 valence electrons. The maximum absolute atomic E-state index is 12.3. The van der Waals surface area contributed by atoms with E-state index in [2.05, 4.69) is 48.3 Å². The maximum Gasteiger partial charge on any atom is 0.287 e. The number of rotatable bonds is 7. The van der Waals surface area contributed by atoms with Crippen molar-refractivity contribution in [3.8, 4) is 0 Å². The zero-order valence-corrected chi connectivity index (χ0v) is 14.8. The third-order valence-electron chi connectivity index (χ3n) is 4.43. The molecule has 0 saturated heterocycles. The van der Waals surface area contributed by atoms with Gasteiger partial charge in [0.2, 0.25) is 0 Å². The van der Waals surface area contributed by atoms with Crippen molar-refractivity contribution in [3.63, 3.8) is 0 Å². The Morgan fingerprint density at radius 1 is 1.00 bits per heavy atom. The van der Waals surface area contributed by atoms with Crippen LogP contribution in [0.1, 0.15) is 35.5 Å². The van der Waals surface area contributed by atoms with E-state index in [9.17, 15) is 4.79 Å². The number of para-hydroxylation sites is 1. The lowest BCUT2D eigenvalue weighted by atomic mass is 10.1. The molecule has 0 aliphatic heterocycles. The van der Waals surface area contributed by atoms with Gasteiger partial charge in [-0.3, -0.25) is 9.69 Å². The van der Waals surface area contributed by atoms with Crippen LogP contribution in [0, 0.1) is 0 Å². The van der Waals surface area contributed by atoms with Gasteiger partial charge in [0.25, 0.3) is 5.91 Å². The summed E-state index contributed by atoms with van der Waals surface area (Å²) >= 11 is 0. The van der Waals surface area contributed by atoms with E-state index in [-0.39, 0.29) is 5.91 Å². The Balaban J connectivity index is 1.58. The van der Waals surface area contributed by atoms with Crippen molar-refractivity contribution < 1.29 is 9.21 Å². The quantitative estimate of drug-likeness (QED) is 0.703. The highest BCUT2D eigenvalue weighted by Crippen LogP contribution is 2.18. The van der Waals surface area contributed by atoms with E-state index in [0.29, 0.717) is 12.3 Å². The molecule has 0 radical (unpaired) electrons. The first kappa shape index (κ1) is 17.2. The van der Waals surface area contributed by atoms with Gasteiger partial charge in [0.1, 0.15) is 5.58 Å². The summed E-state index contributed by atoms with van der Waals surface area (Å²) < 4.78 is 5.59. The lowest BCUT2D eigenvalue weighted by molar-refractivity contribution is 0.0925. The molecular weight excluding hydrogens is 312 g/mol. The third-order valence-corrected chi connectivity index (χ3v) is 4.43. The first-order valence-electron chi connectivity index (χ1n) is 8.76. The average Bonchev–Trinajstić information content (AvgIpc) is 3.09. The van der Waals surface area contributed by atoms with Gasteiger partial charge < -0.3 is 9.73 Å². The Hall–Kier alpha value is -2.59. The molecule has 4 nitrogen and oxygen atoms in total. The highest BCUT2D eigenvalue weighted by Gasteiger charge is 2.11. The molecule has 0 spiro atoms. The Labute approximate surface area is 148 Å². The summed E-state index contributed by atoms with van der Waals surface area (Å²) in [7, 11) is 0. The molecule has 0 aliphatic rings. The molecule has 4 heteroatoms. The number of benzene rings is 2. The van der Waals surface area contributed by atoms with Crippen LogP contribution in [0.4, 0.5) is 0 Å². The molecule has 0 atom stereocenters. The Morgan fingerprint density at radius 3 is 2.36 bits per heavy atom. The summed E-state index contributed by atoms with van der Waals surface area (Å²) in [6, 6.07) is 17.8. The smallest absolute Gasteiger partial charge is 0.287 e. The number of fused-ring (bicyclic) bond motifs is 1. The summed E-state index contributed by atoms with van der Waals surface area (Å²) in [6.45, 7) is 7.88. The fourth-order valence-corrected chi connectivity index (χ4v) is 2.83. The van der Waals surface area contributed by atoms with E-state index in [4.69, 9.17) is 4.42 Å². The van der Waals surface area contributed by atoms with Gasteiger partial charge in [0.15, 0.2) is 5.76 Å². The van der Waals surface area contributed by atoms with Crippen molar-refractivity contribution in [1.29, 1.82) is 0 Å². The molecule has 2 aromatic carbocycles. The van der Waals surface area contributed by atoms with Gasteiger partial charge >= 0.3 is 0 Å². The summed E-state index contributed by atoms with van der Waals surface area (Å²) in [4.78, 5) is 14.6. The molecule has 25 heavy (non-hydrogen) atoms. The minimum Gasteiger partial charge on any atom is -0.451 e. The largest absolute Gasteiger partial charge is 0.451 e. The number of amides is 1. The number of nitrogens with one attached hydrogen (secondary N) is 1. The van der Waals surface area contributed by atoms with Crippen LogP contribution in [-0.4, -0.2) is 23.9 Å². The Kier molecular flexibility index (Phi) is 5.51. The van der Waals surface area contributed by atoms with Crippen molar-refractivity contribution in [2.24, 2.45) is 0 Å². The van der Waals surface area contributed by atoms with Crippen LogP contribution in [-0.2, 0) is 13.1 Å². The molecule has 1 aromatic heterocycles. The van der Waals surface area contributed by atoms with E-state index in [1.807, 2.05) is 24.3 Å². The van der Waals surface area contributed by atoms with Gasteiger partial charge in [-0.2, -0.15) is 0 Å². The number of nitrogens with zero attached hydrogens (tertiary/aromatic N) is 1. The van der Waals surface area contributed by atoms with Crippen molar-refractivity contribution in [1.82, 2.24) is 10.2 Å². The van der Waals surface area contributed by atoms with E-state index in [1.54, 1.807) is 6.07 Å². The van der Waals surface area contributed by atoms with Gasteiger partial charge in [-0.25, -0.2) is 0 Å². The molecule has 0 fully saturated rings. The second-order valence-corrected chi connectivity index (χ2v) is 6.11. The van der Waals surface area contributed by atoms with E-state index in [1.165, 1.54) is 5.56 Å². The first-order chi connectivity index (χ1) is 12.2. The number of furan rings is 1. The van der Waals surface area contributed by atoms with Crippen LogP contribution in [0.25, 0.3) is 11.0 Å². The van der Waals surface area contributed by atoms with E-state index in [0.717, 1.165) is 36.2 Å². The summed E-state index contributed by atoms with van der Waals surface area (Å²) in [6.07, 6.45) is 0. The summed E-state index contributed by atoms with van der Waals surface area (Å²) in [5.74, 6) is 0.155. The Morgan fingerprint density at radius 2 is 1.68 bits per heavy atom. The standard InChI is InChI=1S/C21H24N2O2/c1-3-23(4-2)15-17-11-9-16(10-12-17)14-22-21(24)20-13-18-7-5-6-8-19(18)25-20/h5-13H,3-4,14-15H2,1-2H3,(H,22,24). The van der Waals surface area contributed by atoms with E-state index >= 15 is 0 Å². The predicted octanol–water partition coefficient (Wildman–Crippen LogP) is 4.20. The topological polar surface area (TPSA) is 45.5 Å². The minimum atomic E-state index is -0.191. The fraction of sp³-hybridized carbons (Fsp3) is 0.286. The van der Waals surface area contributed by atoms with Gasteiger partial charge in [-0.1, -0.05) is 56.3 Å². The van der Waals surface area contributed by atoms with Gasteiger partial charge in [-0.15, -0.1) is 0 Å². The third kappa shape index (κ3) is 4.28. The zero-order chi connectivity index (χ0) is 17.6. The number of hydrogen-bond donors (Lipinski definition) is 1. The Bertz CT molecular complexity index is 799. The normalized spacial score (nSPS) is 11.2. The molecule has 0 aliphatic carbocycles. The minimum absolute atomic E-state index is 0.191. The maximum atomic E-state index is 12.3.